The molecule has 0 aliphatic heterocycles. The Morgan fingerprint density at radius 2 is 1.95 bits per heavy atom. The Balaban J connectivity index is 1.88. The summed E-state index contributed by atoms with van der Waals surface area (Å²) in [4.78, 5) is 12.1. The molecular formula is C17H26N2O3. The van der Waals surface area contributed by atoms with Gasteiger partial charge in [0.2, 0.25) is 0 Å². The number of nitrogens with one attached hydrogen (secondary N) is 2. The van der Waals surface area contributed by atoms with Gasteiger partial charge in [-0.15, -0.1) is 0 Å². The molecule has 2 rings (SSSR count). The van der Waals surface area contributed by atoms with Crippen molar-refractivity contribution < 1.29 is 14.6 Å². The van der Waals surface area contributed by atoms with Crippen LogP contribution >= 0.6 is 0 Å². The molecule has 0 spiro atoms. The Labute approximate surface area is 132 Å². The average molecular weight is 306 g/mol. The molecule has 122 valence electrons. The van der Waals surface area contributed by atoms with Crippen molar-refractivity contribution in [1.29, 1.82) is 0 Å². The van der Waals surface area contributed by atoms with Crippen molar-refractivity contribution >= 4 is 11.7 Å². The van der Waals surface area contributed by atoms with Crippen LogP contribution in [-0.4, -0.2) is 30.4 Å². The number of hydrogen-bond donors (Lipinski definition) is 3. The molecule has 2 unspecified atom stereocenters. The summed E-state index contributed by atoms with van der Waals surface area (Å²) in [6.45, 7) is 2.69. The highest BCUT2D eigenvalue weighted by atomic mass is 16.5. The van der Waals surface area contributed by atoms with Crippen molar-refractivity contribution in [3.8, 4) is 5.75 Å². The van der Waals surface area contributed by atoms with Crippen LogP contribution < -0.4 is 15.4 Å². The van der Waals surface area contributed by atoms with E-state index in [9.17, 15) is 9.90 Å². The second-order valence-corrected chi connectivity index (χ2v) is 5.74. The largest absolute Gasteiger partial charge is 0.494 e. The zero-order valence-corrected chi connectivity index (χ0v) is 13.2. The minimum Gasteiger partial charge on any atom is -0.494 e. The lowest BCUT2D eigenvalue weighted by atomic mass is 9.96. The summed E-state index contributed by atoms with van der Waals surface area (Å²) >= 11 is 0. The highest BCUT2D eigenvalue weighted by Crippen LogP contribution is 2.23. The van der Waals surface area contributed by atoms with Crippen molar-refractivity contribution in [3.63, 3.8) is 0 Å². The van der Waals surface area contributed by atoms with E-state index in [0.29, 0.717) is 6.61 Å². The first-order valence-electron chi connectivity index (χ1n) is 8.14. The van der Waals surface area contributed by atoms with Gasteiger partial charge in [-0.2, -0.15) is 0 Å². The van der Waals surface area contributed by atoms with E-state index in [1.165, 1.54) is 6.42 Å². The van der Waals surface area contributed by atoms with Gasteiger partial charge in [-0.25, -0.2) is 4.79 Å². The molecule has 1 aliphatic rings. The van der Waals surface area contributed by atoms with Crippen molar-refractivity contribution in [1.82, 2.24) is 5.32 Å². The maximum atomic E-state index is 12.1. The van der Waals surface area contributed by atoms with Crippen LogP contribution in [0.4, 0.5) is 10.5 Å². The van der Waals surface area contributed by atoms with Gasteiger partial charge in [-0.1, -0.05) is 19.3 Å². The molecule has 0 radical (unpaired) electrons. The molecule has 0 bridgehead atoms. The number of ether oxygens (including phenoxy) is 1. The first-order chi connectivity index (χ1) is 10.7. The maximum absolute atomic E-state index is 12.1. The molecule has 5 nitrogen and oxygen atoms in total. The number of benzene rings is 1. The lowest BCUT2D eigenvalue weighted by molar-refractivity contribution is 0.182. The molecule has 22 heavy (non-hydrogen) atoms. The number of amides is 2. The molecule has 1 saturated carbocycles. The fourth-order valence-electron chi connectivity index (χ4n) is 2.93. The molecule has 1 aromatic carbocycles. The van der Waals surface area contributed by atoms with Gasteiger partial charge in [-0.3, -0.25) is 0 Å². The van der Waals surface area contributed by atoms with Gasteiger partial charge in [-0.05, 0) is 44.0 Å². The summed E-state index contributed by atoms with van der Waals surface area (Å²) in [5, 5.41) is 15.3. The Morgan fingerprint density at radius 1 is 1.23 bits per heavy atom. The predicted octanol–water partition coefficient (Wildman–Crippen LogP) is 3.15. The summed E-state index contributed by atoms with van der Waals surface area (Å²) < 4.78 is 5.37. The number of hydrogen-bond acceptors (Lipinski definition) is 3. The van der Waals surface area contributed by atoms with E-state index in [1.807, 2.05) is 31.2 Å². The van der Waals surface area contributed by atoms with Crippen LogP contribution in [0.25, 0.3) is 0 Å². The Morgan fingerprint density at radius 3 is 2.64 bits per heavy atom. The Kier molecular flexibility index (Phi) is 6.52. The van der Waals surface area contributed by atoms with Crippen LogP contribution in [0.15, 0.2) is 24.3 Å². The number of rotatable bonds is 5. The summed E-state index contributed by atoms with van der Waals surface area (Å²) in [6, 6.07) is 7.15. The minimum atomic E-state index is -0.213. The summed E-state index contributed by atoms with van der Waals surface area (Å²) in [6.07, 6.45) is 5.32. The molecule has 0 saturated heterocycles. The molecule has 5 heteroatoms. The van der Waals surface area contributed by atoms with Gasteiger partial charge >= 0.3 is 6.03 Å². The highest BCUT2D eigenvalue weighted by molar-refractivity contribution is 5.89. The first-order valence-corrected chi connectivity index (χ1v) is 8.14. The fourth-order valence-corrected chi connectivity index (χ4v) is 2.93. The number of anilines is 1. The standard InChI is InChI=1S/C17H26N2O3/c1-2-22-15-10-8-14(9-11-15)18-17(21)19-16-7-5-3-4-6-13(16)12-20/h8-11,13,16,20H,2-7,12H2,1H3,(H2,18,19,21). The maximum Gasteiger partial charge on any atom is 0.319 e. The lowest BCUT2D eigenvalue weighted by Gasteiger charge is -2.24. The van der Waals surface area contributed by atoms with E-state index in [2.05, 4.69) is 10.6 Å². The van der Waals surface area contributed by atoms with E-state index < -0.39 is 0 Å². The molecule has 0 heterocycles. The second kappa shape index (κ2) is 8.63. The normalized spacial score (nSPS) is 21.7. The summed E-state index contributed by atoms with van der Waals surface area (Å²) in [5.74, 6) is 0.950. The topological polar surface area (TPSA) is 70.6 Å². The third kappa shape index (κ3) is 4.91. The number of carbonyl (C=O) groups is 1. The number of aliphatic hydroxyl groups is 1. The van der Waals surface area contributed by atoms with Gasteiger partial charge < -0.3 is 20.5 Å². The summed E-state index contributed by atoms with van der Waals surface area (Å²) in [5.41, 5.74) is 0.732. The average Bonchev–Trinajstić information content (AvgIpc) is 2.74. The number of urea groups is 1. The van der Waals surface area contributed by atoms with E-state index in [0.717, 1.165) is 37.1 Å². The second-order valence-electron chi connectivity index (χ2n) is 5.74. The fraction of sp³-hybridized carbons (Fsp3) is 0.588. The third-order valence-electron chi connectivity index (χ3n) is 4.13. The quantitative estimate of drug-likeness (QED) is 0.732. The molecule has 0 aromatic heterocycles. The van der Waals surface area contributed by atoms with E-state index >= 15 is 0 Å². The predicted molar refractivity (Wildman–Crippen MR) is 87.2 cm³/mol. The first kappa shape index (κ1) is 16.6. The van der Waals surface area contributed by atoms with Crippen LogP contribution in [0, 0.1) is 5.92 Å². The van der Waals surface area contributed by atoms with E-state index in [-0.39, 0.29) is 24.6 Å². The van der Waals surface area contributed by atoms with E-state index in [1.54, 1.807) is 0 Å². The van der Waals surface area contributed by atoms with Gasteiger partial charge in [0.1, 0.15) is 5.75 Å². The molecule has 2 amide bonds. The van der Waals surface area contributed by atoms with Crippen molar-refractivity contribution in [2.75, 3.05) is 18.5 Å². The zero-order valence-electron chi connectivity index (χ0n) is 13.2. The summed E-state index contributed by atoms with van der Waals surface area (Å²) in [7, 11) is 0. The van der Waals surface area contributed by atoms with Crippen LogP contribution in [0.2, 0.25) is 0 Å². The van der Waals surface area contributed by atoms with E-state index in [4.69, 9.17) is 4.74 Å². The minimum absolute atomic E-state index is 0.0511. The third-order valence-corrected chi connectivity index (χ3v) is 4.13. The van der Waals surface area contributed by atoms with Gasteiger partial charge in [0.05, 0.1) is 6.61 Å². The van der Waals surface area contributed by atoms with Gasteiger partial charge in [0, 0.05) is 24.3 Å². The SMILES string of the molecule is CCOc1ccc(NC(=O)NC2CCCCCC2CO)cc1. The zero-order chi connectivity index (χ0) is 15.8. The van der Waals surface area contributed by atoms with Crippen LogP contribution in [0.3, 0.4) is 0 Å². The van der Waals surface area contributed by atoms with Crippen molar-refractivity contribution in [2.24, 2.45) is 5.92 Å². The van der Waals surface area contributed by atoms with Crippen LogP contribution in [0.5, 0.6) is 5.75 Å². The monoisotopic (exact) mass is 306 g/mol. The Bertz CT molecular complexity index is 461. The van der Waals surface area contributed by atoms with Crippen LogP contribution in [-0.2, 0) is 0 Å². The van der Waals surface area contributed by atoms with Crippen molar-refractivity contribution in [3.05, 3.63) is 24.3 Å². The van der Waals surface area contributed by atoms with Gasteiger partial charge in [0.15, 0.2) is 0 Å². The lowest BCUT2D eigenvalue weighted by Crippen LogP contribution is -2.43. The van der Waals surface area contributed by atoms with Crippen molar-refractivity contribution in [2.45, 2.75) is 45.1 Å². The number of aliphatic hydroxyl groups excluding tert-OH is 1. The van der Waals surface area contributed by atoms with Gasteiger partial charge in [0.25, 0.3) is 0 Å². The molecular weight excluding hydrogens is 280 g/mol. The molecule has 1 fully saturated rings. The highest BCUT2D eigenvalue weighted by Gasteiger charge is 2.24. The number of carbonyl (C=O) groups excluding carboxylic acids is 1. The van der Waals surface area contributed by atoms with Crippen LogP contribution in [0.1, 0.15) is 39.0 Å². The molecule has 2 atom stereocenters. The molecule has 1 aliphatic carbocycles. The molecule has 3 N–H and O–H groups in total. The Hall–Kier alpha value is -1.75. The smallest absolute Gasteiger partial charge is 0.319 e. The molecule has 1 aromatic rings.